The average Bonchev–Trinajstić information content (AvgIpc) is 2.64. The van der Waals surface area contributed by atoms with Crippen molar-refractivity contribution < 1.29 is 14.3 Å². The van der Waals surface area contributed by atoms with Crippen LogP contribution in [0.2, 0.25) is 0 Å². The molecule has 0 saturated carbocycles. The Morgan fingerprint density at radius 3 is 2.23 bits per heavy atom. The summed E-state index contributed by atoms with van der Waals surface area (Å²) in [6, 6.07) is 16.8. The smallest absolute Gasteiger partial charge is 0.238 e. The molecule has 0 bridgehead atoms. The van der Waals surface area contributed by atoms with Crippen molar-refractivity contribution in [1.82, 2.24) is 4.90 Å². The lowest BCUT2D eigenvalue weighted by molar-refractivity contribution is -0.123. The number of hydrogen-bond acceptors (Lipinski definition) is 4. The molecule has 6 nitrogen and oxygen atoms in total. The highest BCUT2D eigenvalue weighted by molar-refractivity contribution is 5.92. The summed E-state index contributed by atoms with van der Waals surface area (Å²) in [4.78, 5) is 25.4. The summed E-state index contributed by atoms with van der Waals surface area (Å²) in [6.45, 7) is 1.74. The standard InChI is InChI=1S/C20H23N3O3/c21-20(25)15-10-12-23(13-11-15)14-19(24)22-16-6-8-18(9-7-16)26-17-4-2-1-3-5-17/h1-9,15H,10-14H2,(H2,21,25)(H,22,24). The minimum Gasteiger partial charge on any atom is -0.457 e. The Balaban J connectivity index is 1.46. The number of carbonyl (C=O) groups excluding carboxylic acids is 2. The molecule has 1 aliphatic heterocycles. The summed E-state index contributed by atoms with van der Waals surface area (Å²) >= 11 is 0. The predicted octanol–water partition coefficient (Wildman–Crippen LogP) is 2.61. The monoisotopic (exact) mass is 353 g/mol. The maximum Gasteiger partial charge on any atom is 0.238 e. The highest BCUT2D eigenvalue weighted by Crippen LogP contribution is 2.22. The van der Waals surface area contributed by atoms with Crippen LogP contribution in [0.5, 0.6) is 11.5 Å². The summed E-state index contributed by atoms with van der Waals surface area (Å²) in [5.74, 6) is 1.10. The number of primary amides is 1. The first-order chi connectivity index (χ1) is 12.6. The molecule has 2 aromatic rings. The van der Waals surface area contributed by atoms with Gasteiger partial charge in [0.2, 0.25) is 11.8 Å². The molecule has 1 heterocycles. The third kappa shape index (κ3) is 5.07. The van der Waals surface area contributed by atoms with E-state index in [1.165, 1.54) is 0 Å². The van der Waals surface area contributed by atoms with E-state index in [4.69, 9.17) is 10.5 Å². The van der Waals surface area contributed by atoms with Gasteiger partial charge in [-0.3, -0.25) is 14.5 Å². The average molecular weight is 353 g/mol. The van der Waals surface area contributed by atoms with Crippen LogP contribution in [0.3, 0.4) is 0 Å². The van der Waals surface area contributed by atoms with E-state index in [1.807, 2.05) is 59.5 Å². The number of benzene rings is 2. The maximum atomic E-state index is 12.2. The quantitative estimate of drug-likeness (QED) is 0.836. The number of anilines is 1. The Kier molecular flexibility index (Phi) is 5.86. The number of amides is 2. The van der Waals surface area contributed by atoms with E-state index in [-0.39, 0.29) is 17.7 Å². The molecule has 3 rings (SSSR count). The summed E-state index contributed by atoms with van der Waals surface area (Å²) in [7, 11) is 0. The van der Waals surface area contributed by atoms with E-state index in [9.17, 15) is 9.59 Å². The number of rotatable bonds is 6. The molecule has 1 saturated heterocycles. The molecule has 6 heteroatoms. The van der Waals surface area contributed by atoms with Gasteiger partial charge in [0.05, 0.1) is 6.54 Å². The lowest BCUT2D eigenvalue weighted by atomic mass is 9.96. The van der Waals surface area contributed by atoms with E-state index < -0.39 is 0 Å². The van der Waals surface area contributed by atoms with Gasteiger partial charge in [-0.25, -0.2) is 0 Å². The second-order valence-electron chi connectivity index (χ2n) is 6.44. The Hall–Kier alpha value is -2.86. The molecule has 2 amide bonds. The van der Waals surface area contributed by atoms with Crippen LogP contribution in [0.4, 0.5) is 5.69 Å². The minimum absolute atomic E-state index is 0.0635. The maximum absolute atomic E-state index is 12.2. The van der Waals surface area contributed by atoms with Crippen molar-refractivity contribution in [3.63, 3.8) is 0 Å². The van der Waals surface area contributed by atoms with Crippen molar-refractivity contribution >= 4 is 17.5 Å². The van der Waals surface area contributed by atoms with Crippen molar-refractivity contribution in [1.29, 1.82) is 0 Å². The molecule has 26 heavy (non-hydrogen) atoms. The fourth-order valence-corrected chi connectivity index (χ4v) is 3.01. The molecule has 136 valence electrons. The Bertz CT molecular complexity index is 739. The molecule has 0 radical (unpaired) electrons. The van der Waals surface area contributed by atoms with E-state index in [1.54, 1.807) is 0 Å². The second kappa shape index (κ2) is 8.49. The number of hydrogen-bond donors (Lipinski definition) is 2. The molecule has 0 spiro atoms. The Morgan fingerprint density at radius 2 is 1.62 bits per heavy atom. The first kappa shape index (κ1) is 17.9. The van der Waals surface area contributed by atoms with Gasteiger partial charge >= 0.3 is 0 Å². The SMILES string of the molecule is NC(=O)C1CCN(CC(=O)Nc2ccc(Oc3ccccc3)cc2)CC1. The Labute approximate surface area is 152 Å². The highest BCUT2D eigenvalue weighted by Gasteiger charge is 2.24. The van der Waals surface area contributed by atoms with Crippen LogP contribution in [-0.4, -0.2) is 36.3 Å². The van der Waals surface area contributed by atoms with Gasteiger partial charge < -0.3 is 15.8 Å². The first-order valence-corrected chi connectivity index (χ1v) is 8.74. The number of para-hydroxylation sites is 1. The van der Waals surface area contributed by atoms with Crippen LogP contribution >= 0.6 is 0 Å². The molecular weight excluding hydrogens is 330 g/mol. The first-order valence-electron chi connectivity index (χ1n) is 8.74. The third-order valence-electron chi connectivity index (χ3n) is 4.47. The molecular formula is C20H23N3O3. The Morgan fingerprint density at radius 1 is 1.00 bits per heavy atom. The van der Waals surface area contributed by atoms with Crippen LogP contribution < -0.4 is 15.8 Å². The van der Waals surface area contributed by atoms with Crippen LogP contribution in [-0.2, 0) is 9.59 Å². The summed E-state index contributed by atoms with van der Waals surface area (Å²) in [6.07, 6.45) is 1.43. The van der Waals surface area contributed by atoms with Crippen LogP contribution in [0, 0.1) is 5.92 Å². The van der Waals surface area contributed by atoms with E-state index in [0.717, 1.165) is 11.4 Å². The van der Waals surface area contributed by atoms with Crippen molar-refractivity contribution in [2.24, 2.45) is 11.7 Å². The van der Waals surface area contributed by atoms with Crippen LogP contribution in [0.25, 0.3) is 0 Å². The van der Waals surface area contributed by atoms with Gasteiger partial charge in [0, 0.05) is 11.6 Å². The van der Waals surface area contributed by atoms with Crippen molar-refractivity contribution in [2.75, 3.05) is 25.0 Å². The normalized spacial score (nSPS) is 15.4. The zero-order valence-corrected chi connectivity index (χ0v) is 14.6. The van der Waals surface area contributed by atoms with Gasteiger partial charge in [-0.1, -0.05) is 18.2 Å². The molecule has 1 fully saturated rings. The number of ether oxygens (including phenoxy) is 1. The number of likely N-dealkylation sites (tertiary alicyclic amines) is 1. The number of nitrogens with zero attached hydrogens (tertiary/aromatic N) is 1. The fourth-order valence-electron chi connectivity index (χ4n) is 3.01. The van der Waals surface area contributed by atoms with Gasteiger partial charge in [-0.2, -0.15) is 0 Å². The molecule has 3 N–H and O–H groups in total. The number of nitrogens with one attached hydrogen (secondary N) is 1. The van der Waals surface area contributed by atoms with E-state index in [2.05, 4.69) is 5.32 Å². The van der Waals surface area contributed by atoms with Gasteiger partial charge in [0.25, 0.3) is 0 Å². The van der Waals surface area contributed by atoms with Crippen LogP contribution in [0.1, 0.15) is 12.8 Å². The topological polar surface area (TPSA) is 84.7 Å². The highest BCUT2D eigenvalue weighted by atomic mass is 16.5. The van der Waals surface area contributed by atoms with Crippen LogP contribution in [0.15, 0.2) is 54.6 Å². The van der Waals surface area contributed by atoms with E-state index in [0.29, 0.717) is 38.2 Å². The predicted molar refractivity (Wildman–Crippen MR) is 99.9 cm³/mol. The second-order valence-corrected chi connectivity index (χ2v) is 6.44. The number of piperidine rings is 1. The zero-order valence-electron chi connectivity index (χ0n) is 14.6. The van der Waals surface area contributed by atoms with Crippen molar-refractivity contribution in [3.8, 4) is 11.5 Å². The van der Waals surface area contributed by atoms with Gasteiger partial charge in [0.1, 0.15) is 11.5 Å². The third-order valence-corrected chi connectivity index (χ3v) is 4.47. The van der Waals surface area contributed by atoms with Gasteiger partial charge in [-0.15, -0.1) is 0 Å². The molecule has 0 unspecified atom stereocenters. The molecule has 1 aliphatic rings. The number of nitrogens with two attached hydrogens (primary N) is 1. The largest absolute Gasteiger partial charge is 0.457 e. The summed E-state index contributed by atoms with van der Waals surface area (Å²) < 4.78 is 5.73. The summed E-state index contributed by atoms with van der Waals surface area (Å²) in [5.41, 5.74) is 6.05. The molecule has 0 aliphatic carbocycles. The summed E-state index contributed by atoms with van der Waals surface area (Å²) in [5, 5.41) is 2.89. The fraction of sp³-hybridized carbons (Fsp3) is 0.300. The van der Waals surface area contributed by atoms with Gasteiger partial charge in [-0.05, 0) is 62.3 Å². The van der Waals surface area contributed by atoms with Crippen molar-refractivity contribution in [3.05, 3.63) is 54.6 Å². The molecule has 0 aromatic heterocycles. The lowest BCUT2D eigenvalue weighted by Gasteiger charge is -2.29. The number of carbonyl (C=O) groups is 2. The van der Waals surface area contributed by atoms with Crippen molar-refractivity contribution in [2.45, 2.75) is 12.8 Å². The van der Waals surface area contributed by atoms with E-state index >= 15 is 0 Å². The molecule has 2 aromatic carbocycles. The minimum atomic E-state index is -0.244. The molecule has 0 atom stereocenters. The zero-order chi connectivity index (χ0) is 18.4. The van der Waals surface area contributed by atoms with Gasteiger partial charge in [0.15, 0.2) is 0 Å². The lowest BCUT2D eigenvalue weighted by Crippen LogP contribution is -2.42.